The summed E-state index contributed by atoms with van der Waals surface area (Å²) in [7, 11) is 1.52. The van der Waals surface area contributed by atoms with Crippen molar-refractivity contribution in [3.63, 3.8) is 0 Å². The van der Waals surface area contributed by atoms with Gasteiger partial charge in [0.1, 0.15) is 0 Å². The molecule has 0 saturated heterocycles. The molecule has 2 rings (SSSR count). The number of para-hydroxylation sites is 2. The molecule has 0 aliphatic carbocycles. The minimum atomic E-state index is 0.181. The average molecular weight is 375 g/mol. The van der Waals surface area contributed by atoms with E-state index in [1.54, 1.807) is 30.3 Å². The number of rotatable bonds is 9. The van der Waals surface area contributed by atoms with Crippen molar-refractivity contribution in [2.24, 2.45) is 0 Å². The van der Waals surface area contributed by atoms with Crippen LogP contribution in [0.25, 0.3) is 0 Å². The van der Waals surface area contributed by atoms with Crippen LogP contribution in [-0.4, -0.2) is 23.9 Å². The summed E-state index contributed by atoms with van der Waals surface area (Å²) < 4.78 is 10.6. The molecule has 4 heteroatoms. The Bertz CT molecular complexity index is 667. The second kappa shape index (κ2) is 12.9. The normalized spacial score (nSPS) is 10.1. The van der Waals surface area contributed by atoms with Crippen molar-refractivity contribution in [3.8, 4) is 23.0 Å². The number of hydrogen-bond donors (Lipinski definition) is 2. The molecule has 0 aliphatic rings. The third-order valence-electron chi connectivity index (χ3n) is 4.40. The van der Waals surface area contributed by atoms with Gasteiger partial charge in [0.05, 0.1) is 13.7 Å². The van der Waals surface area contributed by atoms with Gasteiger partial charge in [-0.2, -0.15) is 0 Å². The number of hydrogen-bond acceptors (Lipinski definition) is 4. The summed E-state index contributed by atoms with van der Waals surface area (Å²) in [6.45, 7) is 7.15. The van der Waals surface area contributed by atoms with Crippen molar-refractivity contribution < 1.29 is 19.7 Å². The molecule has 2 aromatic carbocycles. The molecule has 0 spiro atoms. The lowest BCUT2D eigenvalue weighted by atomic mass is 10.0. The second-order valence-electron chi connectivity index (χ2n) is 6.34. The zero-order valence-corrected chi connectivity index (χ0v) is 17.1. The first-order valence-electron chi connectivity index (χ1n) is 9.87. The van der Waals surface area contributed by atoms with E-state index in [0.717, 1.165) is 24.8 Å². The summed E-state index contributed by atoms with van der Waals surface area (Å²) in [5, 5.41) is 18.9. The molecular formula is C23H34O4. The Morgan fingerprint density at radius 1 is 0.815 bits per heavy atom. The highest BCUT2D eigenvalue weighted by molar-refractivity contribution is 5.50. The van der Waals surface area contributed by atoms with Crippen molar-refractivity contribution in [3.05, 3.63) is 47.5 Å². The molecule has 27 heavy (non-hydrogen) atoms. The van der Waals surface area contributed by atoms with Crippen molar-refractivity contribution in [2.45, 2.75) is 59.3 Å². The molecule has 0 fully saturated rings. The largest absolute Gasteiger partial charge is 0.504 e. The second-order valence-corrected chi connectivity index (χ2v) is 6.34. The highest BCUT2D eigenvalue weighted by Crippen LogP contribution is 2.33. The van der Waals surface area contributed by atoms with Gasteiger partial charge in [-0.3, -0.25) is 0 Å². The van der Waals surface area contributed by atoms with E-state index in [9.17, 15) is 5.11 Å². The Morgan fingerprint density at radius 3 is 2.11 bits per heavy atom. The third kappa shape index (κ3) is 7.41. The summed E-state index contributed by atoms with van der Waals surface area (Å²) in [4.78, 5) is 0. The molecule has 2 N–H and O–H groups in total. The van der Waals surface area contributed by atoms with Crippen LogP contribution in [0, 0.1) is 0 Å². The highest BCUT2D eigenvalue weighted by atomic mass is 16.5. The number of aromatic hydroxyl groups is 2. The number of phenols is 2. The van der Waals surface area contributed by atoms with Crippen LogP contribution in [-0.2, 0) is 12.8 Å². The van der Waals surface area contributed by atoms with Gasteiger partial charge in [0.25, 0.3) is 0 Å². The smallest absolute Gasteiger partial charge is 0.164 e. The molecule has 0 aromatic heterocycles. The molecule has 2 aromatic rings. The van der Waals surface area contributed by atoms with E-state index < -0.39 is 0 Å². The first-order valence-corrected chi connectivity index (χ1v) is 9.87. The van der Waals surface area contributed by atoms with E-state index in [0.29, 0.717) is 18.1 Å². The average Bonchev–Trinajstić information content (AvgIpc) is 2.69. The fraction of sp³-hybridized carbons (Fsp3) is 0.478. The Hall–Kier alpha value is -2.36. The van der Waals surface area contributed by atoms with Crippen molar-refractivity contribution in [1.82, 2.24) is 0 Å². The maximum atomic E-state index is 9.92. The lowest BCUT2D eigenvalue weighted by molar-refractivity contribution is 0.286. The summed E-state index contributed by atoms with van der Waals surface area (Å²) >= 11 is 0. The molecule has 0 unspecified atom stereocenters. The van der Waals surface area contributed by atoms with Crippen LogP contribution in [0.2, 0.25) is 0 Å². The molecule has 0 amide bonds. The standard InChI is InChI=1S/C16H26O2.C7H8O2/c1-4-7-8-9-12-18-16-14(6-3)13(5-2)10-11-15(16)17;1-9-7-5-3-2-4-6(7)8/h10-11,17H,4-9,12H2,1-3H3;2-5,8H,1H3. The summed E-state index contributed by atoms with van der Waals surface area (Å²) in [6, 6.07) is 10.6. The number of benzene rings is 2. The van der Waals surface area contributed by atoms with Gasteiger partial charge in [-0.05, 0) is 43.0 Å². The van der Waals surface area contributed by atoms with Gasteiger partial charge in [-0.15, -0.1) is 0 Å². The maximum absolute atomic E-state index is 9.92. The summed E-state index contributed by atoms with van der Waals surface area (Å²) in [6.07, 6.45) is 6.64. The van der Waals surface area contributed by atoms with Crippen molar-refractivity contribution >= 4 is 0 Å². The van der Waals surface area contributed by atoms with Gasteiger partial charge in [-0.25, -0.2) is 0 Å². The molecular weight excluding hydrogens is 340 g/mol. The summed E-state index contributed by atoms with van der Waals surface area (Å²) in [5.41, 5.74) is 2.44. The van der Waals surface area contributed by atoms with Crippen molar-refractivity contribution in [2.75, 3.05) is 13.7 Å². The molecule has 0 heterocycles. The minimum absolute atomic E-state index is 0.181. The Labute approximate surface area is 163 Å². The van der Waals surface area contributed by atoms with Crippen LogP contribution in [0.1, 0.15) is 57.6 Å². The van der Waals surface area contributed by atoms with E-state index in [1.807, 2.05) is 6.07 Å². The predicted octanol–water partition coefficient (Wildman–Crippen LogP) is 5.88. The maximum Gasteiger partial charge on any atom is 0.164 e. The van der Waals surface area contributed by atoms with Crippen molar-refractivity contribution in [1.29, 1.82) is 0 Å². The molecule has 4 nitrogen and oxygen atoms in total. The van der Waals surface area contributed by atoms with E-state index >= 15 is 0 Å². The van der Waals surface area contributed by atoms with Gasteiger partial charge < -0.3 is 19.7 Å². The molecule has 0 saturated carbocycles. The van der Waals surface area contributed by atoms with E-state index in [4.69, 9.17) is 14.6 Å². The molecule has 0 aliphatic heterocycles. The monoisotopic (exact) mass is 374 g/mol. The van der Waals surface area contributed by atoms with E-state index in [2.05, 4.69) is 20.8 Å². The Morgan fingerprint density at radius 2 is 1.56 bits per heavy atom. The molecule has 0 radical (unpaired) electrons. The molecule has 0 bridgehead atoms. The van der Waals surface area contributed by atoms with Gasteiger partial charge in [-0.1, -0.05) is 58.2 Å². The number of methoxy groups -OCH3 is 1. The Balaban J connectivity index is 0.000000337. The number of unbranched alkanes of at least 4 members (excludes halogenated alkanes) is 3. The van der Waals surface area contributed by atoms with Crippen LogP contribution in [0.3, 0.4) is 0 Å². The lowest BCUT2D eigenvalue weighted by Crippen LogP contribution is -2.02. The third-order valence-corrected chi connectivity index (χ3v) is 4.40. The van der Waals surface area contributed by atoms with Crippen LogP contribution < -0.4 is 9.47 Å². The summed E-state index contributed by atoms with van der Waals surface area (Å²) in [5.74, 6) is 1.67. The van der Waals surface area contributed by atoms with Gasteiger partial charge in [0.2, 0.25) is 0 Å². The lowest BCUT2D eigenvalue weighted by Gasteiger charge is -2.15. The number of aryl methyl sites for hydroxylation is 1. The molecule has 0 atom stereocenters. The number of phenolic OH excluding ortho intramolecular Hbond substituents is 2. The minimum Gasteiger partial charge on any atom is -0.504 e. The highest BCUT2D eigenvalue weighted by Gasteiger charge is 2.11. The van der Waals surface area contributed by atoms with Gasteiger partial charge in [0.15, 0.2) is 23.0 Å². The fourth-order valence-corrected chi connectivity index (χ4v) is 2.87. The zero-order chi connectivity index (χ0) is 20.1. The van der Waals surface area contributed by atoms with Gasteiger partial charge in [0, 0.05) is 5.56 Å². The molecule has 150 valence electrons. The van der Waals surface area contributed by atoms with Crippen LogP contribution in [0.5, 0.6) is 23.0 Å². The fourth-order valence-electron chi connectivity index (χ4n) is 2.87. The Kier molecular flexibility index (Phi) is 10.8. The van der Waals surface area contributed by atoms with Gasteiger partial charge >= 0.3 is 0 Å². The topological polar surface area (TPSA) is 58.9 Å². The SMILES string of the molecule is CCCCCCOc1c(O)ccc(CC)c1CC.COc1ccccc1O. The van der Waals surface area contributed by atoms with Crippen LogP contribution >= 0.6 is 0 Å². The van der Waals surface area contributed by atoms with E-state index in [1.165, 1.54) is 31.9 Å². The first-order chi connectivity index (χ1) is 13.1. The van der Waals surface area contributed by atoms with E-state index in [-0.39, 0.29) is 11.5 Å². The van der Waals surface area contributed by atoms with Crippen LogP contribution in [0.4, 0.5) is 0 Å². The zero-order valence-electron chi connectivity index (χ0n) is 17.1. The number of ether oxygens (including phenoxy) is 2. The van der Waals surface area contributed by atoms with Crippen LogP contribution in [0.15, 0.2) is 36.4 Å². The predicted molar refractivity (Wildman–Crippen MR) is 111 cm³/mol. The first kappa shape index (κ1) is 22.7. The quantitative estimate of drug-likeness (QED) is 0.538.